The molecule has 7 heteroatoms. The van der Waals surface area contributed by atoms with E-state index >= 15 is 0 Å². The first kappa shape index (κ1) is 17.2. The van der Waals surface area contributed by atoms with Crippen LogP contribution >= 0.6 is 0 Å². The molecule has 3 saturated heterocycles. The Bertz CT molecular complexity index is 504. The highest BCUT2D eigenvalue weighted by Gasteiger charge is 2.41. The standard InChI is InChI=1S/C17H27N3O4/c1-2-12-15(21)18-8-5-11-20(12)17(23)14-7-6-13(24-14)16(22)19-9-3-4-10-19/h12-14H,2-11H2,1H3,(H,18,21)/t12-,13-,14+/m1/s1. The average molecular weight is 337 g/mol. The minimum atomic E-state index is -0.596. The summed E-state index contributed by atoms with van der Waals surface area (Å²) in [4.78, 5) is 40.9. The summed E-state index contributed by atoms with van der Waals surface area (Å²) in [6.45, 7) is 4.65. The van der Waals surface area contributed by atoms with Gasteiger partial charge in [0.05, 0.1) is 0 Å². The van der Waals surface area contributed by atoms with Gasteiger partial charge in [0.15, 0.2) is 0 Å². The average Bonchev–Trinajstić information content (AvgIpc) is 3.24. The Balaban J connectivity index is 1.62. The second kappa shape index (κ2) is 7.51. The number of rotatable bonds is 3. The van der Waals surface area contributed by atoms with E-state index in [-0.39, 0.29) is 17.7 Å². The maximum atomic E-state index is 12.9. The topological polar surface area (TPSA) is 79.0 Å². The van der Waals surface area contributed by atoms with Gasteiger partial charge in [0.25, 0.3) is 11.8 Å². The van der Waals surface area contributed by atoms with Gasteiger partial charge in [-0.05, 0) is 38.5 Å². The number of amides is 3. The lowest BCUT2D eigenvalue weighted by Crippen LogP contribution is -2.50. The first-order chi connectivity index (χ1) is 11.6. The molecule has 0 radical (unpaired) electrons. The first-order valence-corrected chi connectivity index (χ1v) is 9.14. The highest BCUT2D eigenvalue weighted by atomic mass is 16.5. The number of likely N-dealkylation sites (tertiary alicyclic amines) is 1. The lowest BCUT2D eigenvalue weighted by atomic mass is 10.1. The number of carbonyl (C=O) groups excluding carboxylic acids is 3. The molecule has 3 atom stereocenters. The minimum Gasteiger partial charge on any atom is -0.355 e. The maximum absolute atomic E-state index is 12.9. The zero-order valence-electron chi connectivity index (χ0n) is 14.3. The molecule has 7 nitrogen and oxygen atoms in total. The van der Waals surface area contributed by atoms with Crippen LogP contribution in [0, 0.1) is 0 Å². The van der Waals surface area contributed by atoms with Crippen molar-refractivity contribution in [2.75, 3.05) is 26.2 Å². The van der Waals surface area contributed by atoms with Gasteiger partial charge in [-0.3, -0.25) is 14.4 Å². The van der Waals surface area contributed by atoms with E-state index in [0.29, 0.717) is 32.4 Å². The van der Waals surface area contributed by atoms with Crippen molar-refractivity contribution < 1.29 is 19.1 Å². The second-order valence-electron chi connectivity index (χ2n) is 6.82. The van der Waals surface area contributed by atoms with Gasteiger partial charge in [-0.2, -0.15) is 0 Å². The third-order valence-electron chi connectivity index (χ3n) is 5.21. The van der Waals surface area contributed by atoms with Crippen molar-refractivity contribution in [1.29, 1.82) is 0 Å². The van der Waals surface area contributed by atoms with E-state index in [1.165, 1.54) is 0 Å². The van der Waals surface area contributed by atoms with Crippen molar-refractivity contribution in [1.82, 2.24) is 15.1 Å². The Morgan fingerprint density at radius 2 is 1.75 bits per heavy atom. The SMILES string of the molecule is CC[C@@H]1C(=O)NCCCN1C(=O)[C@@H]1CC[C@H](C(=O)N2CCCC2)O1. The molecule has 3 amide bonds. The molecule has 3 aliphatic heterocycles. The van der Waals surface area contributed by atoms with E-state index in [1.807, 2.05) is 11.8 Å². The summed E-state index contributed by atoms with van der Waals surface area (Å²) in [5.41, 5.74) is 0. The Kier molecular flexibility index (Phi) is 5.38. The molecule has 0 aliphatic carbocycles. The van der Waals surface area contributed by atoms with Crippen LogP contribution in [-0.4, -0.2) is 72.0 Å². The molecule has 0 saturated carbocycles. The largest absolute Gasteiger partial charge is 0.355 e. The normalized spacial score (nSPS) is 31.0. The quantitative estimate of drug-likeness (QED) is 0.802. The van der Waals surface area contributed by atoms with Gasteiger partial charge < -0.3 is 19.9 Å². The van der Waals surface area contributed by atoms with E-state index in [4.69, 9.17) is 4.74 Å². The fraction of sp³-hybridized carbons (Fsp3) is 0.824. The van der Waals surface area contributed by atoms with Crippen LogP contribution in [0.15, 0.2) is 0 Å². The van der Waals surface area contributed by atoms with E-state index in [1.54, 1.807) is 4.90 Å². The Hall–Kier alpha value is -1.63. The van der Waals surface area contributed by atoms with E-state index in [0.717, 1.165) is 32.4 Å². The van der Waals surface area contributed by atoms with Crippen molar-refractivity contribution in [2.24, 2.45) is 0 Å². The molecular formula is C17H27N3O4. The summed E-state index contributed by atoms with van der Waals surface area (Å²) >= 11 is 0. The Labute approximate surface area is 142 Å². The summed E-state index contributed by atoms with van der Waals surface area (Å²) in [5, 5.41) is 2.85. The molecule has 0 unspecified atom stereocenters. The van der Waals surface area contributed by atoms with Crippen molar-refractivity contribution in [3.05, 3.63) is 0 Å². The summed E-state index contributed by atoms with van der Waals surface area (Å²) in [5.74, 6) is -0.217. The molecule has 134 valence electrons. The van der Waals surface area contributed by atoms with Gasteiger partial charge >= 0.3 is 0 Å². The van der Waals surface area contributed by atoms with E-state index in [9.17, 15) is 14.4 Å². The van der Waals surface area contributed by atoms with Gasteiger partial charge in [0.2, 0.25) is 5.91 Å². The molecular weight excluding hydrogens is 310 g/mol. The second-order valence-corrected chi connectivity index (χ2v) is 6.82. The molecule has 1 N–H and O–H groups in total. The van der Waals surface area contributed by atoms with Crippen LogP contribution in [0.25, 0.3) is 0 Å². The van der Waals surface area contributed by atoms with Crippen LogP contribution < -0.4 is 5.32 Å². The summed E-state index contributed by atoms with van der Waals surface area (Å²) in [6, 6.07) is -0.433. The van der Waals surface area contributed by atoms with E-state index < -0.39 is 18.2 Å². The molecule has 0 spiro atoms. The number of nitrogens with zero attached hydrogens (tertiary/aromatic N) is 2. The molecule has 3 heterocycles. The molecule has 3 rings (SSSR count). The molecule has 0 aromatic heterocycles. The number of hydrogen-bond acceptors (Lipinski definition) is 4. The first-order valence-electron chi connectivity index (χ1n) is 9.14. The van der Waals surface area contributed by atoms with Crippen LogP contribution in [0.3, 0.4) is 0 Å². The van der Waals surface area contributed by atoms with Crippen molar-refractivity contribution in [3.8, 4) is 0 Å². The van der Waals surface area contributed by atoms with Crippen molar-refractivity contribution in [2.45, 2.75) is 63.7 Å². The lowest BCUT2D eigenvalue weighted by Gasteiger charge is -2.30. The monoisotopic (exact) mass is 337 g/mol. The predicted octanol–water partition coefficient (Wildman–Crippen LogP) is 0.284. The summed E-state index contributed by atoms with van der Waals surface area (Å²) in [7, 11) is 0. The summed E-state index contributed by atoms with van der Waals surface area (Å²) in [6.07, 6.45) is 3.46. The highest BCUT2D eigenvalue weighted by Crippen LogP contribution is 2.26. The van der Waals surface area contributed by atoms with Gasteiger partial charge in [-0.25, -0.2) is 0 Å². The third-order valence-corrected chi connectivity index (χ3v) is 5.21. The van der Waals surface area contributed by atoms with E-state index in [2.05, 4.69) is 5.32 Å². The molecule has 3 fully saturated rings. The van der Waals surface area contributed by atoms with Gasteiger partial charge in [0, 0.05) is 26.2 Å². The van der Waals surface area contributed by atoms with Crippen LogP contribution in [0.4, 0.5) is 0 Å². The molecule has 0 bridgehead atoms. The number of ether oxygens (including phenoxy) is 1. The van der Waals surface area contributed by atoms with Crippen LogP contribution in [0.1, 0.15) is 45.4 Å². The molecule has 0 aromatic carbocycles. The molecule has 0 aromatic rings. The predicted molar refractivity (Wildman–Crippen MR) is 87.1 cm³/mol. The number of hydrogen-bond donors (Lipinski definition) is 1. The van der Waals surface area contributed by atoms with Gasteiger partial charge in [-0.15, -0.1) is 0 Å². The fourth-order valence-corrected chi connectivity index (χ4v) is 3.87. The zero-order chi connectivity index (χ0) is 17.1. The van der Waals surface area contributed by atoms with Crippen LogP contribution in [-0.2, 0) is 19.1 Å². The Morgan fingerprint density at radius 3 is 2.42 bits per heavy atom. The number of nitrogens with one attached hydrogen (secondary N) is 1. The van der Waals surface area contributed by atoms with Gasteiger partial charge in [-0.1, -0.05) is 6.92 Å². The third kappa shape index (κ3) is 3.41. The highest BCUT2D eigenvalue weighted by molar-refractivity contribution is 5.90. The van der Waals surface area contributed by atoms with Crippen LogP contribution in [0.2, 0.25) is 0 Å². The minimum absolute atomic E-state index is 0.0171. The van der Waals surface area contributed by atoms with Crippen LogP contribution in [0.5, 0.6) is 0 Å². The maximum Gasteiger partial charge on any atom is 0.252 e. The number of carbonyl (C=O) groups is 3. The Morgan fingerprint density at radius 1 is 1.08 bits per heavy atom. The molecule has 3 aliphatic rings. The van der Waals surface area contributed by atoms with Gasteiger partial charge in [0.1, 0.15) is 18.2 Å². The lowest BCUT2D eigenvalue weighted by molar-refractivity contribution is -0.153. The fourth-order valence-electron chi connectivity index (χ4n) is 3.87. The zero-order valence-corrected chi connectivity index (χ0v) is 14.3. The summed E-state index contributed by atoms with van der Waals surface area (Å²) < 4.78 is 5.81. The van der Waals surface area contributed by atoms with Crippen molar-refractivity contribution >= 4 is 17.7 Å². The van der Waals surface area contributed by atoms with Crippen molar-refractivity contribution in [3.63, 3.8) is 0 Å². The molecule has 24 heavy (non-hydrogen) atoms. The smallest absolute Gasteiger partial charge is 0.252 e.